The number of aromatic nitrogens is 1. The second-order valence-electron chi connectivity index (χ2n) is 4.71. The predicted molar refractivity (Wildman–Crippen MR) is 79.1 cm³/mol. The number of carbonyl (C=O) groups is 2. The van der Waals surface area contributed by atoms with E-state index in [2.05, 4.69) is 10.3 Å². The van der Waals surface area contributed by atoms with Crippen LogP contribution in [0.1, 0.15) is 23.5 Å². The molecule has 1 aromatic carbocycles. The molecule has 0 spiro atoms. The number of carbonyl (C=O) groups excluding carboxylic acids is 2. The van der Waals surface area contributed by atoms with Gasteiger partial charge in [-0.05, 0) is 17.2 Å². The van der Waals surface area contributed by atoms with Gasteiger partial charge in [0.2, 0.25) is 11.8 Å². The first kappa shape index (κ1) is 14.7. The van der Waals surface area contributed by atoms with E-state index in [0.29, 0.717) is 6.54 Å². The molecule has 0 bridgehead atoms. The van der Waals surface area contributed by atoms with Crippen LogP contribution >= 0.6 is 0 Å². The minimum absolute atomic E-state index is 0.0413. The van der Waals surface area contributed by atoms with Crippen molar-refractivity contribution in [2.75, 3.05) is 0 Å². The molecule has 0 radical (unpaired) electrons. The molecule has 0 aliphatic rings. The van der Waals surface area contributed by atoms with Gasteiger partial charge in [-0.25, -0.2) is 0 Å². The fraction of sp³-hybridized carbons (Fsp3) is 0.188. The van der Waals surface area contributed by atoms with Crippen LogP contribution < -0.4 is 11.1 Å². The normalized spacial score (nSPS) is 11.6. The fourth-order valence-corrected chi connectivity index (χ4v) is 2.03. The molecule has 5 nitrogen and oxygen atoms in total. The number of benzene rings is 1. The summed E-state index contributed by atoms with van der Waals surface area (Å²) in [5.74, 6) is -1.33. The maximum atomic E-state index is 12.0. The lowest BCUT2D eigenvalue weighted by atomic mass is 9.95. The van der Waals surface area contributed by atoms with Gasteiger partial charge in [-0.3, -0.25) is 14.6 Å². The van der Waals surface area contributed by atoms with E-state index in [1.165, 1.54) is 0 Å². The predicted octanol–water partition coefficient (Wildman–Crippen LogP) is 1.36. The molecule has 0 saturated heterocycles. The van der Waals surface area contributed by atoms with Gasteiger partial charge in [0.05, 0.1) is 5.92 Å². The van der Waals surface area contributed by atoms with E-state index in [4.69, 9.17) is 5.73 Å². The van der Waals surface area contributed by atoms with Gasteiger partial charge < -0.3 is 11.1 Å². The third kappa shape index (κ3) is 4.42. The van der Waals surface area contributed by atoms with Crippen LogP contribution in [0.25, 0.3) is 0 Å². The maximum absolute atomic E-state index is 12.0. The van der Waals surface area contributed by atoms with E-state index >= 15 is 0 Å². The lowest BCUT2D eigenvalue weighted by Crippen LogP contribution is -2.30. The summed E-state index contributed by atoms with van der Waals surface area (Å²) < 4.78 is 0. The van der Waals surface area contributed by atoms with Gasteiger partial charge in [-0.15, -0.1) is 0 Å². The minimum Gasteiger partial charge on any atom is -0.369 e. The van der Waals surface area contributed by atoms with E-state index in [9.17, 15) is 9.59 Å². The average Bonchev–Trinajstić information content (AvgIpc) is 2.52. The van der Waals surface area contributed by atoms with Crippen LogP contribution in [-0.4, -0.2) is 16.8 Å². The third-order valence-corrected chi connectivity index (χ3v) is 3.15. The highest BCUT2D eigenvalue weighted by Gasteiger charge is 2.21. The van der Waals surface area contributed by atoms with Gasteiger partial charge in [0.15, 0.2) is 0 Å². The molecule has 2 rings (SSSR count). The summed E-state index contributed by atoms with van der Waals surface area (Å²) in [5, 5.41) is 2.77. The summed E-state index contributed by atoms with van der Waals surface area (Å²) in [6.45, 7) is 0.382. The molecule has 0 aliphatic heterocycles. The van der Waals surface area contributed by atoms with E-state index < -0.39 is 11.8 Å². The van der Waals surface area contributed by atoms with Crippen LogP contribution in [0.5, 0.6) is 0 Å². The summed E-state index contributed by atoms with van der Waals surface area (Å²) in [5.41, 5.74) is 7.05. The van der Waals surface area contributed by atoms with Crippen molar-refractivity contribution >= 4 is 11.8 Å². The largest absolute Gasteiger partial charge is 0.369 e. The standard InChI is InChI=1S/C16H17N3O2/c17-16(21)14(13-6-2-1-3-7-13)9-15(20)19-11-12-5-4-8-18-10-12/h1-8,10,14H,9,11H2,(H2,17,21)(H,19,20). The molecule has 0 fully saturated rings. The molecule has 1 heterocycles. The highest BCUT2D eigenvalue weighted by atomic mass is 16.2. The molecule has 2 amide bonds. The molecule has 21 heavy (non-hydrogen) atoms. The molecule has 1 atom stereocenters. The lowest BCUT2D eigenvalue weighted by Gasteiger charge is -2.13. The number of nitrogens with one attached hydrogen (secondary N) is 1. The van der Waals surface area contributed by atoms with Crippen molar-refractivity contribution in [3.63, 3.8) is 0 Å². The van der Waals surface area contributed by atoms with Gasteiger partial charge in [0, 0.05) is 25.4 Å². The van der Waals surface area contributed by atoms with Crippen LogP contribution in [-0.2, 0) is 16.1 Å². The Morgan fingerprint density at radius 1 is 1.14 bits per heavy atom. The summed E-state index contributed by atoms with van der Waals surface area (Å²) in [4.78, 5) is 27.5. The van der Waals surface area contributed by atoms with Crippen molar-refractivity contribution in [2.24, 2.45) is 5.73 Å². The SMILES string of the molecule is NC(=O)C(CC(=O)NCc1cccnc1)c1ccccc1. The van der Waals surface area contributed by atoms with Gasteiger partial charge in [-0.1, -0.05) is 36.4 Å². The summed E-state index contributed by atoms with van der Waals surface area (Å²) in [6, 6.07) is 12.8. The molecule has 5 heteroatoms. The molecule has 1 aromatic heterocycles. The second kappa shape index (κ2) is 7.19. The molecule has 108 valence electrons. The molecular weight excluding hydrogens is 266 g/mol. The van der Waals surface area contributed by atoms with Crippen LogP contribution in [0.2, 0.25) is 0 Å². The van der Waals surface area contributed by atoms with Crippen LogP contribution in [0.3, 0.4) is 0 Å². The zero-order chi connectivity index (χ0) is 15.1. The Morgan fingerprint density at radius 3 is 2.52 bits per heavy atom. The molecule has 0 aliphatic carbocycles. The smallest absolute Gasteiger partial charge is 0.225 e. The van der Waals surface area contributed by atoms with E-state index in [1.54, 1.807) is 30.6 Å². The number of nitrogens with zero attached hydrogens (tertiary/aromatic N) is 1. The summed E-state index contributed by atoms with van der Waals surface area (Å²) >= 11 is 0. The number of amides is 2. The highest BCUT2D eigenvalue weighted by Crippen LogP contribution is 2.18. The third-order valence-electron chi connectivity index (χ3n) is 3.15. The van der Waals surface area contributed by atoms with Crippen LogP contribution in [0.4, 0.5) is 0 Å². The Kier molecular flexibility index (Phi) is 5.04. The monoisotopic (exact) mass is 283 g/mol. The topological polar surface area (TPSA) is 85.1 Å². The van der Waals surface area contributed by atoms with E-state index in [0.717, 1.165) is 11.1 Å². The number of pyridine rings is 1. The fourth-order valence-electron chi connectivity index (χ4n) is 2.03. The summed E-state index contributed by atoms with van der Waals surface area (Å²) in [7, 11) is 0. The van der Waals surface area contributed by atoms with E-state index in [1.807, 2.05) is 24.3 Å². The first-order valence-electron chi connectivity index (χ1n) is 6.66. The van der Waals surface area contributed by atoms with Crippen LogP contribution in [0, 0.1) is 0 Å². The van der Waals surface area contributed by atoms with Crippen molar-refractivity contribution < 1.29 is 9.59 Å². The molecule has 2 aromatic rings. The maximum Gasteiger partial charge on any atom is 0.225 e. The molecule has 3 N–H and O–H groups in total. The van der Waals surface area contributed by atoms with Crippen molar-refractivity contribution in [1.29, 1.82) is 0 Å². The van der Waals surface area contributed by atoms with E-state index in [-0.39, 0.29) is 12.3 Å². The Hall–Kier alpha value is -2.69. The molecule has 1 unspecified atom stereocenters. The Labute approximate surface area is 123 Å². The van der Waals surface area contributed by atoms with Gasteiger partial charge >= 0.3 is 0 Å². The zero-order valence-corrected chi connectivity index (χ0v) is 11.5. The minimum atomic E-state index is -0.611. The number of hydrogen-bond donors (Lipinski definition) is 2. The number of primary amides is 1. The quantitative estimate of drug-likeness (QED) is 0.839. The Bertz CT molecular complexity index is 599. The Morgan fingerprint density at radius 2 is 1.90 bits per heavy atom. The summed E-state index contributed by atoms with van der Waals surface area (Å²) in [6.07, 6.45) is 3.40. The lowest BCUT2D eigenvalue weighted by molar-refractivity contribution is -0.126. The van der Waals surface area contributed by atoms with Crippen molar-refractivity contribution in [3.05, 3.63) is 66.0 Å². The van der Waals surface area contributed by atoms with Gasteiger partial charge in [-0.2, -0.15) is 0 Å². The van der Waals surface area contributed by atoms with Crippen molar-refractivity contribution in [2.45, 2.75) is 18.9 Å². The second-order valence-corrected chi connectivity index (χ2v) is 4.71. The number of nitrogens with two attached hydrogens (primary N) is 1. The van der Waals surface area contributed by atoms with Gasteiger partial charge in [0.25, 0.3) is 0 Å². The number of hydrogen-bond acceptors (Lipinski definition) is 3. The highest BCUT2D eigenvalue weighted by molar-refractivity contribution is 5.88. The number of rotatable bonds is 6. The first-order chi connectivity index (χ1) is 10.2. The van der Waals surface area contributed by atoms with Crippen molar-refractivity contribution in [3.8, 4) is 0 Å². The Balaban J connectivity index is 1.95. The molecule has 0 saturated carbocycles. The zero-order valence-electron chi connectivity index (χ0n) is 11.5. The van der Waals surface area contributed by atoms with Gasteiger partial charge in [0.1, 0.15) is 0 Å². The average molecular weight is 283 g/mol. The van der Waals surface area contributed by atoms with Crippen LogP contribution in [0.15, 0.2) is 54.9 Å². The molecular formula is C16H17N3O2. The first-order valence-corrected chi connectivity index (χ1v) is 6.66. The van der Waals surface area contributed by atoms with Crippen molar-refractivity contribution in [1.82, 2.24) is 10.3 Å².